The highest BCUT2D eigenvalue weighted by Crippen LogP contribution is 2.47. The Morgan fingerprint density at radius 1 is 1.20 bits per heavy atom. The second kappa shape index (κ2) is 10.4. The van der Waals surface area contributed by atoms with Gasteiger partial charge in [0.15, 0.2) is 11.5 Å². The van der Waals surface area contributed by atoms with Crippen LogP contribution in [0.4, 0.5) is 5.82 Å². The summed E-state index contributed by atoms with van der Waals surface area (Å²) in [5, 5.41) is 10.9. The van der Waals surface area contributed by atoms with E-state index >= 15 is 0 Å². The molecule has 1 aromatic carbocycles. The molecule has 3 aliphatic heterocycles. The first-order chi connectivity index (χ1) is 18.9. The number of anilines is 1. The van der Waals surface area contributed by atoms with Crippen LogP contribution in [0.3, 0.4) is 0 Å². The van der Waals surface area contributed by atoms with Crippen molar-refractivity contribution in [3.8, 4) is 11.5 Å². The van der Waals surface area contributed by atoms with Gasteiger partial charge in [0.2, 0.25) is 11.5 Å². The van der Waals surface area contributed by atoms with E-state index in [9.17, 15) is 9.90 Å². The molecule has 0 saturated carbocycles. The fourth-order valence-corrected chi connectivity index (χ4v) is 5.67. The molecule has 4 heterocycles. The number of aromatic nitrogens is 1. The van der Waals surface area contributed by atoms with Crippen molar-refractivity contribution in [1.82, 2.24) is 9.88 Å². The fraction of sp³-hybridized carbons (Fsp3) is 0.484. The topological polar surface area (TPSA) is 93.6 Å². The second-order valence-corrected chi connectivity index (χ2v) is 11.6. The predicted octanol–water partition coefficient (Wildman–Crippen LogP) is 4.25. The summed E-state index contributed by atoms with van der Waals surface area (Å²) in [5.74, 6) is 1.13. The fourth-order valence-electron chi connectivity index (χ4n) is 5.67. The number of ether oxygens (including phenoxy) is 4. The minimum Gasteiger partial charge on any atom is -0.493 e. The summed E-state index contributed by atoms with van der Waals surface area (Å²) >= 11 is 0. The van der Waals surface area contributed by atoms with E-state index < -0.39 is 17.3 Å². The van der Waals surface area contributed by atoms with E-state index in [2.05, 4.69) is 11.5 Å². The van der Waals surface area contributed by atoms with Crippen molar-refractivity contribution in [2.24, 2.45) is 5.41 Å². The molecule has 0 radical (unpaired) electrons. The Kier molecular flexibility index (Phi) is 7.20. The lowest BCUT2D eigenvalue weighted by Crippen LogP contribution is -2.54. The molecule has 0 unspecified atom stereocenters. The Morgan fingerprint density at radius 2 is 1.95 bits per heavy atom. The number of carbonyl (C=O) groups excluding carboxylic acids is 1. The van der Waals surface area contributed by atoms with E-state index in [1.165, 1.54) is 6.26 Å². The molecule has 0 aliphatic carbocycles. The van der Waals surface area contributed by atoms with E-state index in [4.69, 9.17) is 23.9 Å². The molecule has 1 N–H and O–H groups in total. The van der Waals surface area contributed by atoms with Crippen LogP contribution in [0.15, 0.2) is 48.9 Å². The van der Waals surface area contributed by atoms with Gasteiger partial charge in [0.05, 0.1) is 26.3 Å². The summed E-state index contributed by atoms with van der Waals surface area (Å²) in [6.45, 7) is 15.3. The number of hydrogen-bond acceptors (Lipinski definition) is 8. The lowest BCUT2D eigenvalue weighted by molar-refractivity contribution is -0.143. The van der Waals surface area contributed by atoms with Gasteiger partial charge in [-0.05, 0) is 49.2 Å². The van der Waals surface area contributed by atoms with Gasteiger partial charge < -0.3 is 33.9 Å². The van der Waals surface area contributed by atoms with E-state index in [1.54, 1.807) is 32.8 Å². The van der Waals surface area contributed by atoms with Crippen LogP contribution < -0.4 is 14.4 Å². The number of likely N-dealkylation sites (tertiary alicyclic amines) is 1. The van der Waals surface area contributed by atoms with Gasteiger partial charge >= 0.3 is 0 Å². The summed E-state index contributed by atoms with van der Waals surface area (Å²) in [7, 11) is 1.62. The monoisotopic (exact) mass is 549 g/mol. The molecule has 5 rings (SSSR count). The third kappa shape index (κ3) is 5.10. The van der Waals surface area contributed by atoms with Gasteiger partial charge in [-0.15, -0.1) is 0 Å². The molecule has 0 bridgehead atoms. The molecule has 40 heavy (non-hydrogen) atoms. The Morgan fingerprint density at radius 3 is 2.55 bits per heavy atom. The maximum absolute atomic E-state index is 13.3. The highest BCUT2D eigenvalue weighted by atomic mass is 16.7. The van der Waals surface area contributed by atoms with Crippen LogP contribution >= 0.6 is 0 Å². The average Bonchev–Trinajstić information content (AvgIpc) is 3.45. The summed E-state index contributed by atoms with van der Waals surface area (Å²) in [6, 6.07) is 9.91. The number of carbonyl (C=O) groups is 1. The van der Waals surface area contributed by atoms with Crippen molar-refractivity contribution in [3.05, 3.63) is 65.8 Å². The van der Waals surface area contributed by atoms with E-state index in [0.717, 1.165) is 22.6 Å². The molecule has 9 nitrogen and oxygen atoms in total. The number of nitrogens with zero attached hydrogens (tertiary/aromatic N) is 3. The summed E-state index contributed by atoms with van der Waals surface area (Å²) < 4.78 is 23.2. The van der Waals surface area contributed by atoms with E-state index in [1.807, 2.05) is 50.3 Å². The summed E-state index contributed by atoms with van der Waals surface area (Å²) in [4.78, 5) is 21.9. The van der Waals surface area contributed by atoms with Crippen LogP contribution in [0.25, 0.3) is 6.08 Å². The molecular weight excluding hydrogens is 510 g/mol. The van der Waals surface area contributed by atoms with Crippen LogP contribution in [-0.2, 0) is 14.3 Å². The number of aliphatic hydroxyl groups is 1. The first-order valence-corrected chi connectivity index (χ1v) is 13.7. The number of aliphatic hydroxyl groups excluding tert-OH is 1. The van der Waals surface area contributed by atoms with Crippen LogP contribution in [0, 0.1) is 12.3 Å². The van der Waals surface area contributed by atoms with Crippen molar-refractivity contribution < 1.29 is 28.8 Å². The average molecular weight is 550 g/mol. The van der Waals surface area contributed by atoms with Gasteiger partial charge in [0.25, 0.3) is 5.91 Å². The van der Waals surface area contributed by atoms with Crippen molar-refractivity contribution in [2.75, 3.05) is 38.2 Å². The van der Waals surface area contributed by atoms with Gasteiger partial charge in [-0.1, -0.05) is 25.6 Å². The van der Waals surface area contributed by atoms with Crippen molar-refractivity contribution in [2.45, 2.75) is 58.5 Å². The van der Waals surface area contributed by atoms with Gasteiger partial charge in [-0.3, -0.25) is 4.79 Å². The van der Waals surface area contributed by atoms with Crippen LogP contribution in [0.2, 0.25) is 0 Å². The predicted molar refractivity (Wildman–Crippen MR) is 152 cm³/mol. The molecule has 2 aromatic rings. The lowest BCUT2D eigenvalue weighted by Gasteiger charge is -2.40. The molecule has 1 amide bonds. The number of aryl methyl sites for hydroxylation is 1. The van der Waals surface area contributed by atoms with Crippen LogP contribution in [-0.4, -0.2) is 72.2 Å². The molecule has 2 saturated heterocycles. The van der Waals surface area contributed by atoms with Gasteiger partial charge in [-0.2, -0.15) is 0 Å². The molecule has 214 valence electrons. The van der Waals surface area contributed by atoms with Crippen molar-refractivity contribution >= 4 is 17.8 Å². The molecular formula is C31H39N3O6. The van der Waals surface area contributed by atoms with E-state index in [-0.39, 0.29) is 23.7 Å². The number of hydrogen-bond donors (Lipinski definition) is 1. The number of methoxy groups -OCH3 is 1. The SMILES string of the molecule is C=Cc1ccc(N2CC(Oc3cc([C@@H]4CN(C(=O)C5=COC(C)(C)O5)C[C@@]4(C)[C@@H](C)O)ccc3OC)C2)nc1C. The highest BCUT2D eigenvalue weighted by Gasteiger charge is 2.50. The Labute approximate surface area is 236 Å². The van der Waals surface area contributed by atoms with Crippen molar-refractivity contribution in [3.63, 3.8) is 0 Å². The van der Waals surface area contributed by atoms with Gasteiger partial charge in [-0.25, -0.2) is 4.98 Å². The van der Waals surface area contributed by atoms with Crippen LogP contribution in [0.5, 0.6) is 11.5 Å². The standard InChI is InChI=1S/C31H39N3O6/c1-8-21-10-12-28(32-19(21)2)33-14-23(15-33)39-26-13-22(9-11-25(26)37-7)24-16-34(18-31(24,6)20(3)35)29(36)27-17-38-30(4,5)40-27/h8-13,17,20,23-24,35H,1,14-16,18H2,2-7H3/t20-,24+,31+/m1/s1. The Hall–Kier alpha value is -3.72. The molecule has 9 heteroatoms. The summed E-state index contributed by atoms with van der Waals surface area (Å²) in [5.41, 5.74) is 2.37. The number of rotatable bonds is 8. The maximum atomic E-state index is 13.3. The zero-order valence-electron chi connectivity index (χ0n) is 24.1. The minimum atomic E-state index is -0.874. The Bertz CT molecular complexity index is 1330. The minimum absolute atomic E-state index is 0.0232. The van der Waals surface area contributed by atoms with Crippen LogP contribution in [0.1, 0.15) is 50.4 Å². The zero-order valence-corrected chi connectivity index (χ0v) is 24.1. The molecule has 3 aliphatic rings. The highest BCUT2D eigenvalue weighted by molar-refractivity contribution is 5.92. The quantitative estimate of drug-likeness (QED) is 0.523. The number of benzene rings is 1. The third-order valence-corrected chi connectivity index (χ3v) is 8.38. The lowest BCUT2D eigenvalue weighted by atomic mass is 9.72. The molecule has 0 spiro atoms. The first-order valence-electron chi connectivity index (χ1n) is 13.7. The summed E-state index contributed by atoms with van der Waals surface area (Å²) in [6.07, 6.45) is 2.51. The maximum Gasteiger partial charge on any atom is 0.292 e. The number of pyridine rings is 1. The Balaban J connectivity index is 1.32. The largest absolute Gasteiger partial charge is 0.493 e. The molecule has 1 aromatic heterocycles. The zero-order chi connectivity index (χ0) is 28.8. The third-order valence-electron chi connectivity index (χ3n) is 8.38. The van der Waals surface area contributed by atoms with Gasteiger partial charge in [0, 0.05) is 44.0 Å². The first kappa shape index (κ1) is 27.8. The van der Waals surface area contributed by atoms with E-state index in [0.29, 0.717) is 37.7 Å². The smallest absolute Gasteiger partial charge is 0.292 e. The number of amides is 1. The molecule has 2 fully saturated rings. The van der Waals surface area contributed by atoms with Crippen molar-refractivity contribution in [1.29, 1.82) is 0 Å². The second-order valence-electron chi connectivity index (χ2n) is 11.6. The normalized spacial score (nSPS) is 24.5. The molecule has 3 atom stereocenters. The van der Waals surface area contributed by atoms with Gasteiger partial charge in [0.1, 0.15) is 18.2 Å².